The molecule has 0 radical (unpaired) electrons. The smallest absolute Gasteiger partial charge is 0.417 e. The average molecular weight is 1950 g/mol. The summed E-state index contributed by atoms with van der Waals surface area (Å²) < 4.78 is 79.1. The summed E-state index contributed by atoms with van der Waals surface area (Å²) in [6.07, 6.45) is 2.56. The van der Waals surface area contributed by atoms with Crippen LogP contribution < -0.4 is 48.4 Å². The average Bonchev–Trinajstić information content (AvgIpc) is 1.64. The Morgan fingerprint density at radius 2 is 0.744 bits per heavy atom. The Hall–Kier alpha value is -11.0. The van der Waals surface area contributed by atoms with Gasteiger partial charge in [0.1, 0.15) is 94.1 Å². The van der Waals surface area contributed by atoms with Gasteiger partial charge >= 0.3 is 24.0 Å². The summed E-state index contributed by atoms with van der Waals surface area (Å²) in [4.78, 5) is 73.3. The Bertz CT molecular complexity index is 5690. The molecule has 0 aliphatic carbocycles. The van der Waals surface area contributed by atoms with Gasteiger partial charge < -0.3 is 95.9 Å². The molecule has 17 rings (SSSR count). The van der Waals surface area contributed by atoms with Crippen molar-refractivity contribution in [2.24, 2.45) is 15.5 Å². The number of aliphatic hydroxyl groups excluding tert-OH is 2. The van der Waals surface area contributed by atoms with Gasteiger partial charge in [0.25, 0.3) is 5.89 Å². The minimum Gasteiger partial charge on any atom is -0.492 e. The molecule has 0 saturated carbocycles. The maximum absolute atomic E-state index is 11.0. The van der Waals surface area contributed by atoms with Crippen LogP contribution in [-0.4, -0.2) is 174 Å². The number of nitrogens with two attached hydrogens (primary N) is 1. The van der Waals surface area contributed by atoms with Crippen molar-refractivity contribution in [2.45, 2.75) is 168 Å². The molecule has 4 N–H and O–H groups in total. The number of carbonyl (C=O) groups is 2. The van der Waals surface area contributed by atoms with E-state index in [1.54, 1.807) is 79.4 Å². The predicted molar refractivity (Wildman–Crippen MR) is 498 cm³/mol. The molecule has 0 bridgehead atoms. The lowest BCUT2D eigenvalue weighted by molar-refractivity contribution is -0.140. The van der Waals surface area contributed by atoms with Crippen molar-refractivity contribution in [2.75, 3.05) is 78.9 Å². The second kappa shape index (κ2) is 49.7. The maximum Gasteiger partial charge on any atom is 0.417 e. The third kappa shape index (κ3) is 28.8. The topological polar surface area (TPSA) is 452 Å². The molecule has 0 atom stereocenters. The van der Waals surface area contributed by atoms with Crippen LogP contribution in [0.4, 0.5) is 6.01 Å². The monoisotopic (exact) mass is 1940 g/mol. The first kappa shape index (κ1) is 100. The third-order valence-electron chi connectivity index (χ3n) is 16.6. The van der Waals surface area contributed by atoms with E-state index in [1.807, 2.05) is 166 Å². The Morgan fingerprint density at radius 3 is 1.06 bits per heavy atom. The Balaban J connectivity index is 0.000000154. The summed E-state index contributed by atoms with van der Waals surface area (Å²) in [7, 11) is 1.49. The fraction of sp³-hybridized carbons (Fsp3) is 0.429. The molecule has 0 amide bonds. The van der Waals surface area contributed by atoms with Crippen molar-refractivity contribution >= 4 is 143 Å². The highest BCUT2D eigenvalue weighted by atomic mass is 32.1. The van der Waals surface area contributed by atoms with E-state index in [1.165, 1.54) is 28.2 Å². The zero-order valence-electron chi connectivity index (χ0n) is 74.2. The molecular weight excluding hydrogens is 1850 g/mol. The van der Waals surface area contributed by atoms with Crippen LogP contribution in [0.25, 0.3) is 53.5 Å². The number of methoxy groups -OCH3 is 1. The number of oxime groups is 3. The lowest BCUT2D eigenvalue weighted by Gasteiger charge is -2.21. The van der Waals surface area contributed by atoms with Gasteiger partial charge in [-0.15, -0.1) is 90.7 Å². The summed E-state index contributed by atoms with van der Waals surface area (Å²) in [6, 6.07) is 15.9. The van der Waals surface area contributed by atoms with Crippen LogP contribution in [0.5, 0.6) is 52.1 Å². The number of aryl methyl sites for hydroxylation is 9. The molecule has 45 heteroatoms. The highest BCUT2D eigenvalue weighted by Gasteiger charge is 2.31. The number of thiophene rings is 8. The lowest BCUT2D eigenvalue weighted by atomic mass is 10.1. The van der Waals surface area contributed by atoms with Gasteiger partial charge in [-0.25, -0.2) is 9.59 Å². The molecule has 692 valence electrons. The molecule has 129 heavy (non-hydrogen) atoms. The second-order valence-corrected chi connectivity index (χ2v) is 37.9. The van der Waals surface area contributed by atoms with E-state index in [0.717, 1.165) is 120 Å². The first-order valence-corrected chi connectivity index (χ1v) is 47.6. The molecule has 4 aliphatic heterocycles. The largest absolute Gasteiger partial charge is 0.492 e. The summed E-state index contributed by atoms with van der Waals surface area (Å²) >= 11 is 17.6. The molecule has 36 nitrogen and oxygen atoms in total. The van der Waals surface area contributed by atoms with Gasteiger partial charge in [-0.1, -0.05) is 41.3 Å². The number of hydrogen-bond acceptors (Lipinski definition) is 45. The minimum atomic E-state index is -0.309. The van der Waals surface area contributed by atoms with Gasteiger partial charge in [0.2, 0.25) is 46.0 Å². The van der Waals surface area contributed by atoms with Gasteiger partial charge in [0.05, 0.1) is 112 Å². The SMILES string of the molecule is CCOc1cc(C)sc1-c1noc(C2COC2)n1.CCOc1cc(C)sc1-c1noc(CCCO)n1.CCOc1cc(C)sc1-c1noc(CO)n1.CCOc1cc(C)sc1-c1noc(N)n1.CCOc1cc(C)sc1-c1noc(OC)n1.CCOc1cc(C)sc1C1=NOC(=O)C1.CCOc1cc(C)sc1C1=NOC(=S)C1.Cc1cc(OC(C)C)c(C2=NOC(=O)C2)s1. The molecule has 0 aromatic carbocycles. The van der Waals surface area contributed by atoms with E-state index >= 15 is 0 Å². The van der Waals surface area contributed by atoms with Crippen LogP contribution in [0.2, 0.25) is 0 Å². The molecule has 4 aliphatic rings. The summed E-state index contributed by atoms with van der Waals surface area (Å²) in [5.41, 5.74) is 7.58. The summed E-state index contributed by atoms with van der Waals surface area (Å²) in [5, 5.41) is 49.0. The van der Waals surface area contributed by atoms with Gasteiger partial charge in [-0.05, 0) is 185 Å². The summed E-state index contributed by atoms with van der Waals surface area (Å²) in [6.45, 7) is 39.1. The van der Waals surface area contributed by atoms with Crippen LogP contribution in [-0.2, 0) is 41.9 Å². The van der Waals surface area contributed by atoms with E-state index < -0.39 is 0 Å². The number of thiocarbonyl (C=S) groups is 1. The number of anilines is 1. The molecule has 17 heterocycles. The van der Waals surface area contributed by atoms with Crippen LogP contribution in [0.3, 0.4) is 0 Å². The molecule has 0 spiro atoms. The number of hydrogen-bond donors (Lipinski definition) is 3. The van der Waals surface area contributed by atoms with Gasteiger partial charge in [-0.3, -0.25) is 4.52 Å². The number of aliphatic hydroxyl groups is 2. The second-order valence-electron chi connectivity index (χ2n) is 27.4. The quantitative estimate of drug-likeness (QED) is 0.0278. The molecule has 1 fully saturated rings. The van der Waals surface area contributed by atoms with Crippen molar-refractivity contribution in [3.8, 4) is 106 Å². The number of aromatic nitrogens is 10. The van der Waals surface area contributed by atoms with E-state index in [0.29, 0.717) is 136 Å². The standard InChI is InChI=1S/C12H14N2O3S.C12H16N2O3S.C11H13NO3S.2C10H12N2O3S.C10H11NO3S.C10H11NO2S2.C9H11N3O2S/c1-3-16-9-4-7(2)18-10(9)11-13-12(17-14-11)8-5-15-6-8;1-3-16-9-7-8(2)18-11(9)12-13-10(17-14-12)5-4-6-15;1-6(2)14-9-4-7(3)16-11(9)8-5-10(13)15-12-8;1-4-14-7-5-6(2)16-8(7)9-11-10(13-3)15-12-9;1-3-14-7-4-6(2)16-9(7)10-11-8(5-13)15-12-10;1-3-13-8-4-6(2)15-10(8)7-5-9(12)14-11-7;1-3-12-8-4-6(2)15-10(8)7-5-9(14)13-11-7;1-3-13-6-4-5(2)15-7(6)8-11-9(10)14-12-8/h4,8H,3,5-6H2,1-2H3;7,15H,3-6H2,1-2H3;4,6H,5H2,1-3H3;5H,4H2,1-3H3;4,13H,3,5H2,1-2H3;2*4H,3,5H2,1-2H3;4H,3H2,1-2H3,(H2,10,11,12). The number of nitrogens with zero attached hydrogens (tertiary/aromatic N) is 13. The number of rotatable bonds is 30. The fourth-order valence-electron chi connectivity index (χ4n) is 11.5. The van der Waals surface area contributed by atoms with Gasteiger partial charge in [0, 0.05) is 52.0 Å². The Morgan fingerprint density at radius 1 is 0.419 bits per heavy atom. The number of carbonyl (C=O) groups excluding carboxylic acids is 2. The van der Waals surface area contributed by atoms with Crippen molar-refractivity contribution < 1.29 is 104 Å². The van der Waals surface area contributed by atoms with Crippen molar-refractivity contribution in [3.63, 3.8) is 0 Å². The van der Waals surface area contributed by atoms with Gasteiger partial charge in [-0.2, -0.15) is 24.9 Å². The van der Waals surface area contributed by atoms with E-state index in [4.69, 9.17) is 103 Å². The Labute approximate surface area is 780 Å². The Kier molecular flexibility index (Phi) is 38.6. The van der Waals surface area contributed by atoms with Crippen LogP contribution in [0.15, 0.2) is 86.6 Å². The van der Waals surface area contributed by atoms with Crippen LogP contribution in [0, 0.1) is 55.4 Å². The minimum absolute atomic E-state index is 0.0681. The van der Waals surface area contributed by atoms with Crippen molar-refractivity contribution in [3.05, 3.63) is 120 Å². The van der Waals surface area contributed by atoms with E-state index in [2.05, 4.69) is 75.8 Å². The summed E-state index contributed by atoms with van der Waals surface area (Å²) in [5.74, 6) is 10.1. The predicted octanol–water partition coefficient (Wildman–Crippen LogP) is 19.2. The zero-order chi connectivity index (χ0) is 92.8. The maximum atomic E-state index is 11.0. The van der Waals surface area contributed by atoms with Gasteiger partial charge in [0.15, 0.2) is 0 Å². The third-order valence-corrected chi connectivity index (χ3v) is 25.2. The highest BCUT2D eigenvalue weighted by molar-refractivity contribution is 7.80. The van der Waals surface area contributed by atoms with Crippen LogP contribution in [0.1, 0.15) is 165 Å². The molecule has 1 saturated heterocycles. The van der Waals surface area contributed by atoms with Crippen molar-refractivity contribution in [1.82, 2.24) is 50.7 Å². The van der Waals surface area contributed by atoms with Crippen molar-refractivity contribution in [1.29, 1.82) is 0 Å². The fourth-order valence-corrected chi connectivity index (χ4v) is 18.8. The van der Waals surface area contributed by atoms with E-state index in [-0.39, 0.29) is 68.0 Å². The normalized spacial score (nSPS) is 12.9. The lowest BCUT2D eigenvalue weighted by Crippen LogP contribution is -2.25. The molecule has 13 aromatic rings. The first-order valence-electron chi connectivity index (χ1n) is 40.7. The first-order chi connectivity index (χ1) is 62.2. The van der Waals surface area contributed by atoms with E-state index in [9.17, 15) is 9.59 Å². The molecule has 0 unspecified atom stereocenters. The molecular formula is C84H100N14O22S9. The molecule has 13 aromatic heterocycles. The zero-order valence-corrected chi connectivity index (χ0v) is 81.6. The number of ether oxygens (including phenoxy) is 10. The van der Waals surface area contributed by atoms with Crippen LogP contribution >= 0.6 is 103 Å². The number of nitrogen functional groups attached to an aromatic ring is 1. The highest BCUT2D eigenvalue weighted by Crippen LogP contribution is 2.43.